The van der Waals surface area contributed by atoms with Gasteiger partial charge in [0.15, 0.2) is 0 Å². The van der Waals surface area contributed by atoms with E-state index < -0.39 is 0 Å². The number of hydrogen-bond donors (Lipinski definition) is 1. The van der Waals surface area contributed by atoms with E-state index in [0.717, 1.165) is 17.0 Å². The van der Waals surface area contributed by atoms with Gasteiger partial charge in [-0.3, -0.25) is 4.79 Å². The molecule has 0 spiro atoms. The molecule has 0 unspecified atom stereocenters. The molecule has 1 amide bonds. The van der Waals surface area contributed by atoms with Gasteiger partial charge in [-0.15, -0.1) is 0 Å². The Hall–Kier alpha value is -0.670. The number of rotatable bonds is 4. The van der Waals surface area contributed by atoms with Crippen LogP contribution in [0, 0.1) is 17.8 Å². The van der Waals surface area contributed by atoms with Crippen LogP contribution in [0.15, 0.2) is 24.3 Å². The lowest BCUT2D eigenvalue weighted by Crippen LogP contribution is -2.44. The summed E-state index contributed by atoms with van der Waals surface area (Å²) < 4.78 is 0. The lowest BCUT2D eigenvalue weighted by atomic mass is 9.74. The van der Waals surface area contributed by atoms with Crippen LogP contribution in [0.5, 0.6) is 0 Å². The van der Waals surface area contributed by atoms with Crippen molar-refractivity contribution in [2.45, 2.75) is 51.8 Å². The lowest BCUT2D eigenvalue weighted by molar-refractivity contribution is 0.175. The summed E-state index contributed by atoms with van der Waals surface area (Å²) in [6, 6.07) is 8.02. The lowest BCUT2D eigenvalue weighted by Gasteiger charge is -2.37. The molecule has 1 fully saturated rings. The average Bonchev–Trinajstić information content (AvgIpc) is 2.46. The highest BCUT2D eigenvalue weighted by Gasteiger charge is 2.31. The molecule has 0 heterocycles. The quantitative estimate of drug-likeness (QED) is 0.757. The van der Waals surface area contributed by atoms with Gasteiger partial charge < -0.3 is 5.32 Å². The Balaban J connectivity index is 1.88. The van der Waals surface area contributed by atoms with Gasteiger partial charge in [-0.2, -0.15) is 0 Å². The van der Waals surface area contributed by atoms with Gasteiger partial charge in [0, 0.05) is 16.8 Å². The molecule has 1 aliphatic carbocycles. The molecule has 2 rings (SSSR count). The molecule has 0 aromatic heterocycles. The van der Waals surface area contributed by atoms with Crippen molar-refractivity contribution >= 4 is 28.6 Å². The number of benzene rings is 1. The number of nitrogens with one attached hydrogen (secondary N) is 1. The van der Waals surface area contributed by atoms with Crippen LogP contribution < -0.4 is 5.32 Å². The Bertz CT molecular complexity index is 506. The van der Waals surface area contributed by atoms with Crippen molar-refractivity contribution in [3.8, 4) is 0 Å². The fourth-order valence-corrected chi connectivity index (χ4v) is 4.37. The zero-order valence-electron chi connectivity index (χ0n) is 13.6. The standard InChI is InChI=1S/C18H26ClNOS/c1-12(2)15-9-8-13(3)10-17(15)20-18(21)22-11-14-6-4-5-7-16(14)19/h4-7,12-13,15,17H,8-11H2,1-3H3,(H,20,21)/t13-,15+,17-/m1/s1. The summed E-state index contributed by atoms with van der Waals surface area (Å²) in [5.41, 5.74) is 1.02. The minimum Gasteiger partial charge on any atom is -0.344 e. The zero-order valence-corrected chi connectivity index (χ0v) is 15.2. The first kappa shape index (κ1) is 17.7. The van der Waals surface area contributed by atoms with E-state index in [1.54, 1.807) is 0 Å². The third-order valence-electron chi connectivity index (χ3n) is 4.64. The Labute approximate surface area is 143 Å². The summed E-state index contributed by atoms with van der Waals surface area (Å²) in [4.78, 5) is 12.3. The van der Waals surface area contributed by atoms with E-state index >= 15 is 0 Å². The van der Waals surface area contributed by atoms with Gasteiger partial charge in [0.05, 0.1) is 0 Å². The molecule has 1 saturated carbocycles. The molecule has 0 aliphatic heterocycles. The van der Waals surface area contributed by atoms with Crippen LogP contribution in [0.4, 0.5) is 4.79 Å². The largest absolute Gasteiger partial charge is 0.344 e. The minimum atomic E-state index is 0.0738. The van der Waals surface area contributed by atoms with E-state index in [1.165, 1.54) is 24.6 Å². The molecule has 1 N–H and O–H groups in total. The molecule has 0 saturated heterocycles. The summed E-state index contributed by atoms with van der Waals surface area (Å²) in [5.74, 6) is 2.54. The smallest absolute Gasteiger partial charge is 0.279 e. The second-order valence-corrected chi connectivity index (χ2v) is 8.10. The SMILES string of the molecule is CC(C)[C@@H]1CC[C@@H](C)C[C@H]1NC(=O)SCc1ccccc1Cl. The Kier molecular flexibility index (Phi) is 6.64. The second kappa shape index (κ2) is 8.26. The van der Waals surface area contributed by atoms with E-state index in [0.29, 0.717) is 29.5 Å². The Morgan fingerprint density at radius 1 is 1.36 bits per heavy atom. The fraction of sp³-hybridized carbons (Fsp3) is 0.611. The van der Waals surface area contributed by atoms with Crippen LogP contribution in [-0.4, -0.2) is 11.3 Å². The van der Waals surface area contributed by atoms with E-state index in [-0.39, 0.29) is 5.24 Å². The summed E-state index contributed by atoms with van der Waals surface area (Å²) in [6.07, 6.45) is 3.60. The molecule has 1 aliphatic rings. The molecular formula is C18H26ClNOS. The van der Waals surface area contributed by atoms with Gasteiger partial charge in [-0.1, -0.05) is 68.8 Å². The molecule has 122 valence electrons. The van der Waals surface area contributed by atoms with Gasteiger partial charge in [0.2, 0.25) is 0 Å². The molecule has 1 aromatic rings. The van der Waals surface area contributed by atoms with Crippen molar-refractivity contribution < 1.29 is 4.79 Å². The normalized spacial score (nSPS) is 25.2. The molecule has 2 nitrogen and oxygen atoms in total. The Morgan fingerprint density at radius 2 is 2.09 bits per heavy atom. The van der Waals surface area contributed by atoms with Crippen LogP contribution >= 0.6 is 23.4 Å². The third-order valence-corrected chi connectivity index (χ3v) is 5.85. The summed E-state index contributed by atoms with van der Waals surface area (Å²) in [7, 11) is 0. The van der Waals surface area contributed by atoms with Crippen molar-refractivity contribution in [1.29, 1.82) is 0 Å². The van der Waals surface area contributed by atoms with Crippen molar-refractivity contribution in [3.63, 3.8) is 0 Å². The van der Waals surface area contributed by atoms with Gasteiger partial charge in [0.1, 0.15) is 0 Å². The van der Waals surface area contributed by atoms with Crippen LogP contribution in [0.1, 0.15) is 45.6 Å². The average molecular weight is 340 g/mol. The molecule has 22 heavy (non-hydrogen) atoms. The van der Waals surface area contributed by atoms with Crippen LogP contribution in [0.25, 0.3) is 0 Å². The van der Waals surface area contributed by atoms with Gasteiger partial charge in [-0.05, 0) is 42.2 Å². The zero-order chi connectivity index (χ0) is 16.1. The van der Waals surface area contributed by atoms with E-state index in [4.69, 9.17) is 11.6 Å². The number of carbonyl (C=O) groups is 1. The monoisotopic (exact) mass is 339 g/mol. The summed E-state index contributed by atoms with van der Waals surface area (Å²) in [5, 5.41) is 4.06. The van der Waals surface area contributed by atoms with Crippen molar-refractivity contribution in [2.75, 3.05) is 0 Å². The fourth-order valence-electron chi connectivity index (χ4n) is 3.32. The first-order valence-electron chi connectivity index (χ1n) is 8.14. The minimum absolute atomic E-state index is 0.0738. The number of thioether (sulfide) groups is 1. The van der Waals surface area contributed by atoms with Gasteiger partial charge in [0.25, 0.3) is 5.24 Å². The highest BCUT2D eigenvalue weighted by Crippen LogP contribution is 2.34. The first-order chi connectivity index (χ1) is 10.5. The number of halogens is 1. The van der Waals surface area contributed by atoms with Crippen LogP contribution in [0.2, 0.25) is 5.02 Å². The summed E-state index contributed by atoms with van der Waals surface area (Å²) in [6.45, 7) is 6.81. The predicted molar refractivity (Wildman–Crippen MR) is 96.4 cm³/mol. The Morgan fingerprint density at radius 3 is 2.77 bits per heavy atom. The first-order valence-corrected chi connectivity index (χ1v) is 9.50. The van der Waals surface area contributed by atoms with Crippen LogP contribution in [-0.2, 0) is 5.75 Å². The van der Waals surface area contributed by atoms with Crippen molar-refractivity contribution in [1.82, 2.24) is 5.32 Å². The molecule has 4 heteroatoms. The number of carbonyl (C=O) groups excluding carboxylic acids is 1. The highest BCUT2D eigenvalue weighted by molar-refractivity contribution is 8.12. The maximum Gasteiger partial charge on any atom is 0.279 e. The highest BCUT2D eigenvalue weighted by atomic mass is 35.5. The van der Waals surface area contributed by atoms with E-state index in [1.807, 2.05) is 24.3 Å². The predicted octanol–water partition coefficient (Wildman–Crippen LogP) is 5.74. The number of amides is 1. The van der Waals surface area contributed by atoms with Crippen LogP contribution in [0.3, 0.4) is 0 Å². The molecule has 1 aromatic carbocycles. The summed E-state index contributed by atoms with van der Waals surface area (Å²) >= 11 is 7.46. The second-order valence-electron chi connectivity index (χ2n) is 6.74. The van der Waals surface area contributed by atoms with Gasteiger partial charge >= 0.3 is 0 Å². The van der Waals surface area contributed by atoms with E-state index in [9.17, 15) is 4.79 Å². The van der Waals surface area contributed by atoms with Crippen molar-refractivity contribution in [3.05, 3.63) is 34.9 Å². The molecule has 3 atom stereocenters. The van der Waals surface area contributed by atoms with Gasteiger partial charge in [-0.25, -0.2) is 0 Å². The maximum atomic E-state index is 12.3. The van der Waals surface area contributed by atoms with E-state index in [2.05, 4.69) is 26.1 Å². The maximum absolute atomic E-state index is 12.3. The molecule has 0 bridgehead atoms. The molecule has 0 radical (unpaired) electrons. The number of hydrogen-bond acceptors (Lipinski definition) is 2. The third kappa shape index (κ3) is 4.92. The van der Waals surface area contributed by atoms with Crippen molar-refractivity contribution in [2.24, 2.45) is 17.8 Å². The molecular weight excluding hydrogens is 314 g/mol. The topological polar surface area (TPSA) is 29.1 Å².